The van der Waals surface area contributed by atoms with E-state index < -0.39 is 17.0 Å². The quantitative estimate of drug-likeness (QED) is 0.325. The van der Waals surface area contributed by atoms with Crippen LogP contribution in [0.3, 0.4) is 0 Å². The van der Waals surface area contributed by atoms with Crippen molar-refractivity contribution >= 4 is 17.9 Å². The molecule has 2 aliphatic carbocycles. The van der Waals surface area contributed by atoms with Gasteiger partial charge in [-0.05, 0) is 63.9 Å². The molecule has 2 bridgehead atoms. The summed E-state index contributed by atoms with van der Waals surface area (Å²) in [4.78, 5) is 35.0. The molecular weight excluding hydrogens is 424 g/mol. The van der Waals surface area contributed by atoms with Crippen molar-refractivity contribution in [2.24, 2.45) is 17.3 Å². The maximum Gasteiger partial charge on any atom is 0.302 e. The van der Waals surface area contributed by atoms with Crippen LogP contribution in [0.4, 0.5) is 0 Å². The third-order valence-corrected chi connectivity index (χ3v) is 7.13. The number of rotatable bonds is 8. The lowest BCUT2D eigenvalue weighted by Gasteiger charge is -2.49. The van der Waals surface area contributed by atoms with E-state index in [1.165, 1.54) is 26.3 Å². The minimum atomic E-state index is -1.09. The molecule has 0 radical (unpaired) electrons. The molecule has 7 nitrogen and oxygen atoms in total. The van der Waals surface area contributed by atoms with Gasteiger partial charge in [-0.15, -0.1) is 0 Å². The molecule has 0 aromatic heterocycles. The maximum atomic E-state index is 11.9. The summed E-state index contributed by atoms with van der Waals surface area (Å²) in [5.74, 6) is -1.58. The molecule has 0 amide bonds. The molecule has 2 rings (SSSR count). The van der Waals surface area contributed by atoms with Crippen LogP contribution in [-0.4, -0.2) is 47.9 Å². The van der Waals surface area contributed by atoms with E-state index in [0.717, 1.165) is 12.0 Å². The summed E-state index contributed by atoms with van der Waals surface area (Å²) < 4.78 is 16.5. The summed E-state index contributed by atoms with van der Waals surface area (Å²) in [6.07, 6.45) is 7.45. The van der Waals surface area contributed by atoms with E-state index >= 15 is 0 Å². The Labute approximate surface area is 197 Å². The van der Waals surface area contributed by atoms with Gasteiger partial charge in [-0.2, -0.15) is 0 Å². The van der Waals surface area contributed by atoms with Crippen molar-refractivity contribution in [1.82, 2.24) is 0 Å². The lowest BCUT2D eigenvalue weighted by atomic mass is 9.63. The molecule has 0 saturated heterocycles. The first kappa shape index (κ1) is 27.1. The SMILES string of the molecule is CC(=O)OC/C(=C\CC=C(C)C)[C@H]1CC[C@@]2(C)C[C@](O)(CC[C@@H]2OC(C)=O)[C@@H]1COC(C)=O. The first-order chi connectivity index (χ1) is 15.4. The predicted octanol–water partition coefficient (Wildman–Crippen LogP) is 4.27. The van der Waals surface area contributed by atoms with Crippen LogP contribution in [0.1, 0.15) is 80.1 Å². The molecule has 0 aromatic rings. The Morgan fingerprint density at radius 2 is 1.61 bits per heavy atom. The highest BCUT2D eigenvalue weighted by Crippen LogP contribution is 2.55. The second-order valence-corrected chi connectivity index (χ2v) is 10.2. The summed E-state index contributed by atoms with van der Waals surface area (Å²) in [5.41, 5.74) is 0.623. The maximum absolute atomic E-state index is 11.9. The van der Waals surface area contributed by atoms with Gasteiger partial charge >= 0.3 is 17.9 Å². The number of fused-ring (bicyclic) bond motifs is 2. The van der Waals surface area contributed by atoms with Crippen LogP contribution < -0.4 is 0 Å². The van der Waals surface area contributed by atoms with Crippen molar-refractivity contribution in [3.05, 3.63) is 23.3 Å². The van der Waals surface area contributed by atoms with E-state index in [4.69, 9.17) is 14.2 Å². The molecule has 186 valence electrons. The van der Waals surface area contributed by atoms with Crippen LogP contribution in [-0.2, 0) is 28.6 Å². The summed E-state index contributed by atoms with van der Waals surface area (Å²) >= 11 is 0. The number of carbonyl (C=O) groups is 3. The second-order valence-electron chi connectivity index (χ2n) is 10.2. The molecule has 2 saturated carbocycles. The summed E-state index contributed by atoms with van der Waals surface area (Å²) in [5, 5.41) is 11.9. The van der Waals surface area contributed by atoms with Crippen molar-refractivity contribution < 1.29 is 33.7 Å². The van der Waals surface area contributed by atoms with Gasteiger partial charge < -0.3 is 19.3 Å². The van der Waals surface area contributed by atoms with Crippen LogP contribution in [0.5, 0.6) is 0 Å². The Balaban J connectivity index is 2.46. The Kier molecular flexibility index (Phi) is 9.29. The number of hydrogen-bond acceptors (Lipinski definition) is 7. The third kappa shape index (κ3) is 7.42. The van der Waals surface area contributed by atoms with Crippen molar-refractivity contribution in [2.75, 3.05) is 13.2 Å². The normalized spacial score (nSPS) is 31.7. The Hall–Kier alpha value is -2.15. The Morgan fingerprint density at radius 1 is 0.939 bits per heavy atom. The molecule has 0 spiro atoms. The van der Waals surface area contributed by atoms with Gasteiger partial charge in [-0.1, -0.05) is 24.6 Å². The highest BCUT2D eigenvalue weighted by atomic mass is 16.5. The number of allylic oxidation sites excluding steroid dienone is 3. The molecule has 2 aliphatic rings. The number of hydrogen-bond donors (Lipinski definition) is 1. The van der Waals surface area contributed by atoms with Crippen LogP contribution >= 0.6 is 0 Å². The van der Waals surface area contributed by atoms with Gasteiger partial charge in [0.25, 0.3) is 0 Å². The van der Waals surface area contributed by atoms with Gasteiger partial charge in [-0.3, -0.25) is 14.4 Å². The van der Waals surface area contributed by atoms with E-state index in [0.29, 0.717) is 32.1 Å². The average molecular weight is 465 g/mol. The first-order valence-corrected chi connectivity index (χ1v) is 11.8. The molecule has 0 heterocycles. The molecular formula is C26H40O7. The fraction of sp³-hybridized carbons (Fsp3) is 0.731. The second kappa shape index (κ2) is 11.3. The highest BCUT2D eigenvalue weighted by Gasteiger charge is 2.56. The van der Waals surface area contributed by atoms with E-state index in [1.807, 2.05) is 13.8 Å². The third-order valence-electron chi connectivity index (χ3n) is 7.13. The van der Waals surface area contributed by atoms with E-state index in [2.05, 4.69) is 19.1 Å². The van der Waals surface area contributed by atoms with Gasteiger partial charge in [-0.25, -0.2) is 0 Å². The molecule has 33 heavy (non-hydrogen) atoms. The lowest BCUT2D eigenvalue weighted by molar-refractivity contribution is -0.176. The molecule has 0 aliphatic heterocycles. The average Bonchev–Trinajstić information content (AvgIpc) is 2.77. The fourth-order valence-corrected chi connectivity index (χ4v) is 5.53. The van der Waals surface area contributed by atoms with Gasteiger partial charge in [0, 0.05) is 32.1 Å². The van der Waals surface area contributed by atoms with Crippen molar-refractivity contribution in [2.45, 2.75) is 91.8 Å². The number of ether oxygens (including phenoxy) is 3. The van der Waals surface area contributed by atoms with Gasteiger partial charge in [0.05, 0.1) is 12.2 Å². The van der Waals surface area contributed by atoms with Crippen LogP contribution in [0.25, 0.3) is 0 Å². The monoisotopic (exact) mass is 464 g/mol. The van der Waals surface area contributed by atoms with Crippen molar-refractivity contribution in [3.8, 4) is 0 Å². The van der Waals surface area contributed by atoms with Crippen LogP contribution in [0.2, 0.25) is 0 Å². The van der Waals surface area contributed by atoms with Gasteiger partial charge in [0.15, 0.2) is 0 Å². The van der Waals surface area contributed by atoms with E-state index in [-0.39, 0.29) is 43.1 Å². The first-order valence-electron chi connectivity index (χ1n) is 11.8. The Morgan fingerprint density at radius 3 is 2.18 bits per heavy atom. The Bertz CT molecular complexity index is 794. The molecule has 7 heteroatoms. The minimum Gasteiger partial charge on any atom is -0.465 e. The zero-order chi connectivity index (χ0) is 24.8. The van der Waals surface area contributed by atoms with Gasteiger partial charge in [0.2, 0.25) is 0 Å². The highest BCUT2D eigenvalue weighted by molar-refractivity contribution is 5.66. The smallest absolute Gasteiger partial charge is 0.302 e. The largest absolute Gasteiger partial charge is 0.465 e. The van der Waals surface area contributed by atoms with Gasteiger partial charge in [0.1, 0.15) is 12.7 Å². The number of aliphatic hydroxyl groups is 1. The fourth-order valence-electron chi connectivity index (χ4n) is 5.53. The zero-order valence-electron chi connectivity index (χ0n) is 20.9. The number of carbonyl (C=O) groups excluding carboxylic acids is 3. The summed E-state index contributed by atoms with van der Waals surface area (Å²) in [6, 6.07) is 0. The molecule has 2 fully saturated rings. The molecule has 5 atom stereocenters. The predicted molar refractivity (Wildman–Crippen MR) is 124 cm³/mol. The summed E-state index contributed by atoms with van der Waals surface area (Å²) in [6.45, 7) is 10.5. The van der Waals surface area contributed by atoms with Crippen LogP contribution in [0.15, 0.2) is 23.3 Å². The van der Waals surface area contributed by atoms with Crippen LogP contribution in [0, 0.1) is 17.3 Å². The molecule has 0 aromatic carbocycles. The standard InChI is InChI=1S/C26H40O7/c1-17(2)8-7-9-21(14-31-18(3)27)22-10-12-25(6)16-26(30,23(22)15-32-19(4)28)13-11-24(25)33-20(5)29/h8-9,22-24,30H,7,10-16H2,1-6H3/b21-9+/t22-,23-,24+,25+,26-/m1/s1. The summed E-state index contributed by atoms with van der Waals surface area (Å²) in [7, 11) is 0. The van der Waals surface area contributed by atoms with Crippen molar-refractivity contribution in [3.63, 3.8) is 0 Å². The van der Waals surface area contributed by atoms with E-state index in [9.17, 15) is 19.5 Å². The molecule has 0 unspecified atom stereocenters. The molecule has 1 N–H and O–H groups in total. The number of esters is 3. The lowest BCUT2D eigenvalue weighted by Crippen LogP contribution is -2.53. The van der Waals surface area contributed by atoms with Crippen molar-refractivity contribution in [1.29, 1.82) is 0 Å². The van der Waals surface area contributed by atoms with E-state index in [1.54, 1.807) is 0 Å². The minimum absolute atomic E-state index is 0.0882. The zero-order valence-corrected chi connectivity index (χ0v) is 20.9. The topological polar surface area (TPSA) is 99.1 Å².